The highest BCUT2D eigenvalue weighted by atomic mass is 35.5. The SMILES string of the molecule is CNC1CCN(S(=O)(=O)c2ccc(C)cc2C(=O)OC)CC1.Cl. The van der Waals surface area contributed by atoms with E-state index in [0.717, 1.165) is 18.4 Å². The van der Waals surface area contributed by atoms with Gasteiger partial charge in [-0.1, -0.05) is 11.6 Å². The van der Waals surface area contributed by atoms with E-state index >= 15 is 0 Å². The van der Waals surface area contributed by atoms with Crippen LogP contribution < -0.4 is 5.32 Å². The zero-order chi connectivity index (χ0) is 16.3. The van der Waals surface area contributed by atoms with E-state index in [1.165, 1.54) is 17.5 Å². The molecule has 1 aromatic carbocycles. The fourth-order valence-electron chi connectivity index (χ4n) is 2.66. The number of halogens is 1. The van der Waals surface area contributed by atoms with Gasteiger partial charge in [0.05, 0.1) is 17.6 Å². The molecule has 0 aliphatic carbocycles. The van der Waals surface area contributed by atoms with Crippen LogP contribution >= 0.6 is 12.4 Å². The lowest BCUT2D eigenvalue weighted by atomic mass is 10.1. The molecule has 0 spiro atoms. The summed E-state index contributed by atoms with van der Waals surface area (Å²) in [6.45, 7) is 2.70. The third-order valence-electron chi connectivity index (χ3n) is 4.02. The van der Waals surface area contributed by atoms with Crippen molar-refractivity contribution in [3.8, 4) is 0 Å². The van der Waals surface area contributed by atoms with Gasteiger partial charge in [0.2, 0.25) is 10.0 Å². The standard InChI is InChI=1S/C15H22N2O4S.ClH/c1-11-4-5-14(13(10-11)15(18)21-3)22(19,20)17-8-6-12(16-2)7-9-17;/h4-5,10,12,16H,6-9H2,1-3H3;1H. The van der Waals surface area contributed by atoms with Gasteiger partial charge in [0.25, 0.3) is 0 Å². The summed E-state index contributed by atoms with van der Waals surface area (Å²) in [5, 5.41) is 3.17. The Kier molecular flexibility index (Phi) is 7.01. The van der Waals surface area contributed by atoms with E-state index in [9.17, 15) is 13.2 Å². The van der Waals surface area contributed by atoms with Crippen LogP contribution in [0.1, 0.15) is 28.8 Å². The number of benzene rings is 1. The maximum Gasteiger partial charge on any atom is 0.339 e. The molecule has 0 radical (unpaired) electrons. The number of nitrogens with zero attached hydrogens (tertiary/aromatic N) is 1. The molecule has 6 nitrogen and oxygen atoms in total. The summed E-state index contributed by atoms with van der Waals surface area (Å²) in [7, 11) is -0.563. The second-order valence-electron chi connectivity index (χ2n) is 5.46. The Morgan fingerprint density at radius 1 is 1.30 bits per heavy atom. The van der Waals surface area contributed by atoms with Crippen molar-refractivity contribution in [2.24, 2.45) is 0 Å². The van der Waals surface area contributed by atoms with Gasteiger partial charge in [-0.05, 0) is 38.9 Å². The summed E-state index contributed by atoms with van der Waals surface area (Å²) < 4.78 is 31.8. The molecule has 23 heavy (non-hydrogen) atoms. The second-order valence-corrected chi connectivity index (χ2v) is 7.36. The fraction of sp³-hybridized carbons (Fsp3) is 0.533. The van der Waals surface area contributed by atoms with Gasteiger partial charge in [-0.15, -0.1) is 12.4 Å². The largest absolute Gasteiger partial charge is 0.465 e. The first-order valence-electron chi connectivity index (χ1n) is 7.26. The number of esters is 1. The summed E-state index contributed by atoms with van der Waals surface area (Å²) in [6.07, 6.45) is 1.52. The van der Waals surface area contributed by atoms with Crippen molar-refractivity contribution >= 4 is 28.4 Å². The Balaban J connectivity index is 0.00000264. The molecular weight excluding hydrogens is 340 g/mol. The molecule has 0 atom stereocenters. The normalized spacial score (nSPS) is 16.7. The van der Waals surface area contributed by atoms with Crippen LogP contribution in [0.15, 0.2) is 23.1 Å². The summed E-state index contributed by atoms with van der Waals surface area (Å²) in [5.41, 5.74) is 0.909. The van der Waals surface area contributed by atoms with Gasteiger partial charge in [-0.25, -0.2) is 13.2 Å². The predicted octanol–water partition coefficient (Wildman–Crippen LogP) is 1.58. The van der Waals surface area contributed by atoms with E-state index in [0.29, 0.717) is 19.1 Å². The fourth-order valence-corrected chi connectivity index (χ4v) is 4.29. The molecule has 130 valence electrons. The maximum absolute atomic E-state index is 12.8. The molecule has 0 saturated carbocycles. The molecule has 1 fully saturated rings. The van der Waals surface area contributed by atoms with E-state index < -0.39 is 16.0 Å². The Labute approximate surface area is 143 Å². The minimum absolute atomic E-state index is 0. The molecule has 0 bridgehead atoms. The molecule has 1 aliphatic heterocycles. The first kappa shape index (κ1) is 19.9. The number of hydrogen-bond acceptors (Lipinski definition) is 5. The average molecular weight is 363 g/mol. The van der Waals surface area contributed by atoms with Crippen LogP contribution in [-0.4, -0.2) is 52.0 Å². The van der Waals surface area contributed by atoms with Gasteiger partial charge in [-0.3, -0.25) is 0 Å². The number of sulfonamides is 1. The monoisotopic (exact) mass is 362 g/mol. The molecular formula is C15H23ClN2O4S. The number of nitrogens with one attached hydrogen (secondary N) is 1. The van der Waals surface area contributed by atoms with Gasteiger partial charge in [-0.2, -0.15) is 4.31 Å². The molecule has 1 saturated heterocycles. The van der Waals surface area contributed by atoms with E-state index in [1.54, 1.807) is 19.1 Å². The van der Waals surface area contributed by atoms with Gasteiger partial charge >= 0.3 is 5.97 Å². The van der Waals surface area contributed by atoms with Crippen molar-refractivity contribution in [2.45, 2.75) is 30.7 Å². The summed E-state index contributed by atoms with van der Waals surface area (Å²) in [4.78, 5) is 11.9. The molecule has 1 aliphatic rings. The number of methoxy groups -OCH3 is 1. The molecule has 1 N–H and O–H groups in total. The van der Waals surface area contributed by atoms with Crippen molar-refractivity contribution < 1.29 is 17.9 Å². The quantitative estimate of drug-likeness (QED) is 0.823. The van der Waals surface area contributed by atoms with Crippen LogP contribution in [0.5, 0.6) is 0 Å². The Hall–Kier alpha value is -1.15. The third kappa shape index (κ3) is 4.23. The lowest BCUT2D eigenvalue weighted by molar-refractivity contribution is 0.0596. The minimum atomic E-state index is -3.69. The van der Waals surface area contributed by atoms with Crippen molar-refractivity contribution in [3.63, 3.8) is 0 Å². The maximum atomic E-state index is 12.8. The van der Waals surface area contributed by atoms with E-state index in [4.69, 9.17) is 4.74 Å². The molecule has 1 aromatic rings. The van der Waals surface area contributed by atoms with Crippen molar-refractivity contribution in [1.82, 2.24) is 9.62 Å². The van der Waals surface area contributed by atoms with Crippen LogP contribution in [0, 0.1) is 6.92 Å². The zero-order valence-electron chi connectivity index (χ0n) is 13.5. The lowest BCUT2D eigenvalue weighted by Crippen LogP contribution is -2.44. The highest BCUT2D eigenvalue weighted by Gasteiger charge is 2.32. The highest BCUT2D eigenvalue weighted by molar-refractivity contribution is 7.89. The Morgan fingerprint density at radius 3 is 2.43 bits per heavy atom. The number of rotatable bonds is 4. The van der Waals surface area contributed by atoms with Crippen molar-refractivity contribution in [3.05, 3.63) is 29.3 Å². The lowest BCUT2D eigenvalue weighted by Gasteiger charge is -2.31. The van der Waals surface area contributed by atoms with Crippen LogP contribution in [-0.2, 0) is 14.8 Å². The van der Waals surface area contributed by atoms with E-state index in [1.807, 2.05) is 7.05 Å². The minimum Gasteiger partial charge on any atom is -0.465 e. The molecule has 0 amide bonds. The second kappa shape index (κ2) is 8.10. The summed E-state index contributed by atoms with van der Waals surface area (Å²) >= 11 is 0. The molecule has 0 aromatic heterocycles. The van der Waals surface area contributed by atoms with Crippen LogP contribution in [0.2, 0.25) is 0 Å². The van der Waals surface area contributed by atoms with Crippen LogP contribution in [0.25, 0.3) is 0 Å². The van der Waals surface area contributed by atoms with E-state index in [2.05, 4.69) is 5.32 Å². The van der Waals surface area contributed by atoms with Crippen LogP contribution in [0.3, 0.4) is 0 Å². The van der Waals surface area contributed by atoms with Gasteiger partial charge in [0.15, 0.2) is 0 Å². The van der Waals surface area contributed by atoms with Gasteiger partial charge in [0.1, 0.15) is 0 Å². The third-order valence-corrected chi connectivity index (χ3v) is 5.98. The number of carbonyl (C=O) groups excluding carboxylic acids is 1. The number of aryl methyl sites for hydroxylation is 1. The molecule has 2 rings (SSSR count). The van der Waals surface area contributed by atoms with E-state index in [-0.39, 0.29) is 22.9 Å². The number of ether oxygens (including phenoxy) is 1. The Bertz CT molecular complexity index is 655. The smallest absolute Gasteiger partial charge is 0.339 e. The van der Waals surface area contributed by atoms with Gasteiger partial charge in [0, 0.05) is 19.1 Å². The van der Waals surface area contributed by atoms with Crippen molar-refractivity contribution in [1.29, 1.82) is 0 Å². The summed E-state index contributed by atoms with van der Waals surface area (Å²) in [6, 6.07) is 5.07. The number of hydrogen-bond donors (Lipinski definition) is 1. The topological polar surface area (TPSA) is 75.7 Å². The first-order valence-corrected chi connectivity index (χ1v) is 8.70. The molecule has 8 heteroatoms. The van der Waals surface area contributed by atoms with Gasteiger partial charge < -0.3 is 10.1 Å². The zero-order valence-corrected chi connectivity index (χ0v) is 15.2. The van der Waals surface area contributed by atoms with Crippen LogP contribution in [0.4, 0.5) is 0 Å². The van der Waals surface area contributed by atoms with Crippen molar-refractivity contribution in [2.75, 3.05) is 27.2 Å². The summed E-state index contributed by atoms with van der Waals surface area (Å²) in [5.74, 6) is -0.632. The number of carbonyl (C=O) groups is 1. The molecule has 0 unspecified atom stereocenters. The predicted molar refractivity (Wildman–Crippen MR) is 90.6 cm³/mol. The highest BCUT2D eigenvalue weighted by Crippen LogP contribution is 2.25. The average Bonchev–Trinajstić information content (AvgIpc) is 2.53. The molecule has 1 heterocycles. The first-order chi connectivity index (χ1) is 10.4. The number of piperidine rings is 1. The Morgan fingerprint density at radius 2 is 1.91 bits per heavy atom.